The summed E-state index contributed by atoms with van der Waals surface area (Å²) >= 11 is 1.26. The van der Waals surface area contributed by atoms with Crippen LogP contribution in [0.1, 0.15) is 34.8 Å². The monoisotopic (exact) mass is 413 g/mol. The number of hydrogen-bond donors (Lipinski definition) is 1. The van der Waals surface area contributed by atoms with Crippen LogP contribution < -0.4 is 10.9 Å². The lowest BCUT2D eigenvalue weighted by atomic mass is 10.1. The fraction of sp³-hybridized carbons (Fsp3) is 0.158. The summed E-state index contributed by atoms with van der Waals surface area (Å²) in [6.45, 7) is 3.36. The second kappa shape index (κ2) is 8.15. The van der Waals surface area contributed by atoms with Gasteiger partial charge in [0.2, 0.25) is 11.8 Å². The maximum atomic E-state index is 12.2. The Morgan fingerprint density at radius 3 is 2.76 bits per heavy atom. The Kier molecular flexibility index (Phi) is 5.64. The number of nitro groups is 1. The summed E-state index contributed by atoms with van der Waals surface area (Å²) in [4.78, 5) is 51.0. The van der Waals surface area contributed by atoms with Crippen LogP contribution in [0.15, 0.2) is 51.0 Å². The molecule has 0 saturated heterocycles. The van der Waals surface area contributed by atoms with Gasteiger partial charge in [-0.3, -0.25) is 24.5 Å². The van der Waals surface area contributed by atoms with Crippen LogP contribution in [0.3, 0.4) is 0 Å². The summed E-state index contributed by atoms with van der Waals surface area (Å²) in [6, 6.07) is 4.72. The van der Waals surface area contributed by atoms with Gasteiger partial charge in [0.1, 0.15) is 6.04 Å². The van der Waals surface area contributed by atoms with Gasteiger partial charge in [0.05, 0.1) is 15.9 Å². The summed E-state index contributed by atoms with van der Waals surface area (Å²) in [5.74, 6) is -1.28. The van der Waals surface area contributed by atoms with Crippen LogP contribution in [-0.4, -0.2) is 21.6 Å². The van der Waals surface area contributed by atoms with E-state index in [-0.39, 0.29) is 17.1 Å². The molecule has 3 aromatic rings. The quantitative estimate of drug-likeness (QED) is 0.284. The van der Waals surface area contributed by atoms with E-state index < -0.39 is 28.2 Å². The second-order valence-electron chi connectivity index (χ2n) is 6.14. The largest absolute Gasteiger partial charge is 0.429 e. The zero-order valence-corrected chi connectivity index (χ0v) is 16.2. The highest BCUT2D eigenvalue weighted by atomic mass is 32.1. The molecule has 0 radical (unpaired) electrons. The fourth-order valence-electron chi connectivity index (χ4n) is 2.62. The number of nitrogens with one attached hydrogen (secondary N) is 1. The number of aromatic nitrogens is 1. The molecular formula is C19H15N3O6S. The minimum atomic E-state index is -0.729. The average Bonchev–Trinajstić information content (AvgIpc) is 3.07. The number of ketones is 1. The number of carbonyl (C=O) groups is 2. The summed E-state index contributed by atoms with van der Waals surface area (Å²) < 4.78 is 5.59. The first-order chi connectivity index (χ1) is 13.8. The maximum Gasteiger partial charge on any atom is 0.285 e. The molecule has 0 aliphatic rings. The molecule has 2 aromatic heterocycles. The minimum absolute atomic E-state index is 0.0381. The van der Waals surface area contributed by atoms with Gasteiger partial charge in [-0.15, -0.1) is 11.3 Å². The third kappa shape index (κ3) is 4.27. The number of rotatable bonds is 6. The number of fused-ring (bicyclic) bond motifs is 1. The van der Waals surface area contributed by atoms with E-state index in [1.165, 1.54) is 35.6 Å². The number of thiophene rings is 1. The van der Waals surface area contributed by atoms with Crippen molar-refractivity contribution >= 4 is 39.0 Å². The molecule has 0 saturated carbocycles. The first-order valence-corrected chi connectivity index (χ1v) is 9.31. The minimum Gasteiger partial charge on any atom is -0.429 e. The normalized spacial score (nSPS) is 12.2. The highest BCUT2D eigenvalue weighted by Crippen LogP contribution is 2.24. The van der Waals surface area contributed by atoms with Crippen LogP contribution in [0.4, 0.5) is 5.69 Å². The number of hydrogen-bond acceptors (Lipinski definition) is 8. The molecule has 9 nitrogen and oxygen atoms in total. The van der Waals surface area contributed by atoms with Crippen molar-refractivity contribution in [1.29, 1.82) is 0 Å². The molecule has 3 rings (SSSR count). The molecule has 0 spiro atoms. The molecule has 1 N–H and O–H groups in total. The van der Waals surface area contributed by atoms with Gasteiger partial charge in [-0.25, -0.2) is 0 Å². The lowest BCUT2D eigenvalue weighted by Gasteiger charge is -2.10. The molecule has 0 bridgehead atoms. The van der Waals surface area contributed by atoms with E-state index in [2.05, 4.69) is 10.3 Å². The van der Waals surface area contributed by atoms with Gasteiger partial charge in [-0.1, -0.05) is 12.1 Å². The predicted octanol–water partition coefficient (Wildman–Crippen LogP) is 3.08. The van der Waals surface area contributed by atoms with Gasteiger partial charge in [-0.2, -0.15) is 4.98 Å². The van der Waals surface area contributed by atoms with Crippen molar-refractivity contribution in [2.75, 3.05) is 0 Å². The van der Waals surface area contributed by atoms with Crippen LogP contribution >= 0.6 is 11.3 Å². The first kappa shape index (κ1) is 20.1. The average molecular weight is 413 g/mol. The van der Waals surface area contributed by atoms with Crippen LogP contribution in [0.25, 0.3) is 10.3 Å². The zero-order chi connectivity index (χ0) is 21.1. The Morgan fingerprint density at radius 2 is 2.03 bits per heavy atom. The smallest absolute Gasteiger partial charge is 0.285 e. The van der Waals surface area contributed by atoms with E-state index in [9.17, 15) is 24.5 Å². The van der Waals surface area contributed by atoms with Gasteiger partial charge < -0.3 is 9.73 Å². The van der Waals surface area contributed by atoms with E-state index in [1.54, 1.807) is 19.2 Å². The van der Waals surface area contributed by atoms with Gasteiger partial charge in [0.25, 0.3) is 11.2 Å². The number of benzene rings is 1. The third-order valence-electron chi connectivity index (χ3n) is 4.05. The highest BCUT2D eigenvalue weighted by molar-refractivity contribution is 7.16. The summed E-state index contributed by atoms with van der Waals surface area (Å²) in [7, 11) is 0. The number of carbonyl (C=O) groups excluding carboxylic acids is 2. The topological polar surface area (TPSA) is 132 Å². The Bertz CT molecular complexity index is 1210. The lowest BCUT2D eigenvalue weighted by molar-refractivity contribution is -0.385. The number of nitrogens with zero attached hydrogens (tertiary/aromatic N) is 2. The van der Waals surface area contributed by atoms with Crippen LogP contribution in [0.2, 0.25) is 0 Å². The van der Waals surface area contributed by atoms with Crippen LogP contribution in [0, 0.1) is 17.0 Å². The number of amides is 1. The lowest BCUT2D eigenvalue weighted by Crippen LogP contribution is -2.27. The van der Waals surface area contributed by atoms with Gasteiger partial charge >= 0.3 is 0 Å². The van der Waals surface area contributed by atoms with Gasteiger partial charge in [0.15, 0.2) is 10.7 Å². The van der Waals surface area contributed by atoms with Crippen LogP contribution in [-0.2, 0) is 4.79 Å². The summed E-state index contributed by atoms with van der Waals surface area (Å²) in [5.41, 5.74) is -0.142. The Morgan fingerprint density at radius 1 is 1.31 bits per heavy atom. The molecule has 0 unspecified atom stereocenters. The van der Waals surface area contributed by atoms with Crippen molar-refractivity contribution in [2.24, 2.45) is 0 Å². The molecule has 0 fully saturated rings. The Hall–Kier alpha value is -3.66. The van der Waals surface area contributed by atoms with Crippen molar-refractivity contribution in [3.63, 3.8) is 0 Å². The molecular weight excluding hydrogens is 398 g/mol. The number of allylic oxidation sites excluding steroid dienone is 1. The predicted molar refractivity (Wildman–Crippen MR) is 106 cm³/mol. The summed E-state index contributed by atoms with van der Waals surface area (Å²) in [5, 5.41) is 15.7. The van der Waals surface area contributed by atoms with E-state index in [4.69, 9.17) is 4.42 Å². The molecule has 10 heteroatoms. The van der Waals surface area contributed by atoms with Crippen molar-refractivity contribution in [3.8, 4) is 0 Å². The second-order valence-corrected chi connectivity index (χ2v) is 6.98. The molecule has 29 heavy (non-hydrogen) atoms. The van der Waals surface area contributed by atoms with Crippen molar-refractivity contribution in [2.45, 2.75) is 19.9 Å². The van der Waals surface area contributed by atoms with Crippen molar-refractivity contribution < 1.29 is 18.9 Å². The Labute approximate surface area is 167 Å². The SMILES string of the molecule is Cc1csc2oc([C@H](C)NC(=O)/C=C/C(=O)c3ccccc3[N+](=O)[O-])nc(=O)c12. The molecule has 1 aromatic carbocycles. The van der Waals surface area contributed by atoms with Gasteiger partial charge in [0, 0.05) is 12.1 Å². The number of aryl methyl sites for hydroxylation is 1. The third-order valence-corrected chi connectivity index (χ3v) is 5.02. The first-order valence-electron chi connectivity index (χ1n) is 8.43. The maximum absolute atomic E-state index is 12.2. The zero-order valence-electron chi connectivity index (χ0n) is 15.4. The molecule has 2 heterocycles. The van der Waals surface area contributed by atoms with Gasteiger partial charge in [-0.05, 0) is 36.9 Å². The van der Waals surface area contributed by atoms with Crippen molar-refractivity contribution in [3.05, 3.63) is 79.3 Å². The van der Waals surface area contributed by atoms with E-state index >= 15 is 0 Å². The van der Waals surface area contributed by atoms with E-state index in [0.717, 1.165) is 17.7 Å². The molecule has 1 amide bonds. The molecule has 0 aliphatic carbocycles. The molecule has 148 valence electrons. The fourth-order valence-corrected chi connectivity index (χ4v) is 3.52. The molecule has 1 atom stereocenters. The standard InChI is InChI=1S/C19H15N3O6S/c1-10-9-29-19-16(10)17(25)21-18(28-19)11(2)20-15(24)8-7-14(23)12-5-3-4-6-13(12)22(26)27/h3-9,11H,1-2H3,(H,20,24)/b8-7+/t11-/m0/s1. The number of nitro benzene ring substituents is 1. The van der Waals surface area contributed by atoms with Crippen LogP contribution in [0.5, 0.6) is 0 Å². The Balaban J connectivity index is 1.73. The van der Waals surface area contributed by atoms with E-state index in [0.29, 0.717) is 10.3 Å². The number of para-hydroxylation sites is 1. The molecule has 0 aliphatic heterocycles. The van der Waals surface area contributed by atoms with Crippen molar-refractivity contribution in [1.82, 2.24) is 10.3 Å². The highest BCUT2D eigenvalue weighted by Gasteiger charge is 2.19. The summed E-state index contributed by atoms with van der Waals surface area (Å²) in [6.07, 6.45) is 1.90. The van der Waals surface area contributed by atoms with E-state index in [1.807, 2.05) is 0 Å².